The molecule has 26 heavy (non-hydrogen) atoms. The monoisotopic (exact) mass is 355 g/mol. The van der Waals surface area contributed by atoms with Gasteiger partial charge in [-0.05, 0) is 0 Å². The van der Waals surface area contributed by atoms with Crippen molar-refractivity contribution in [2.24, 2.45) is 0 Å². The summed E-state index contributed by atoms with van der Waals surface area (Å²) in [4.78, 5) is 4.21. The first kappa shape index (κ1) is 16.7. The van der Waals surface area contributed by atoms with E-state index in [-0.39, 0.29) is 0 Å². The Morgan fingerprint density at radius 3 is 1.27 bits per heavy atom. The molecule has 0 N–H and O–H groups in total. The van der Waals surface area contributed by atoms with Crippen LogP contribution < -0.4 is 15.9 Å². The molecule has 3 aromatic carbocycles. The van der Waals surface area contributed by atoms with Gasteiger partial charge in [-0.3, -0.25) is 0 Å². The number of aromatic nitrogens is 1. The third kappa shape index (κ3) is 3.19. The molecule has 0 aliphatic carbocycles. The minimum atomic E-state index is -2.19. The molecule has 1 aromatic heterocycles. The SMILES string of the molecule is c1ccc([PH](Cc2ccncc2)(c2ccccc2)c2ccccc2)cc1. The van der Waals surface area contributed by atoms with Gasteiger partial charge >= 0.3 is 155 Å². The molecule has 2 heteroatoms. The van der Waals surface area contributed by atoms with Gasteiger partial charge in [0.2, 0.25) is 0 Å². The molecule has 0 amide bonds. The second-order valence-corrected chi connectivity index (χ2v) is 10.4. The van der Waals surface area contributed by atoms with Crippen molar-refractivity contribution in [3.05, 3.63) is 121 Å². The van der Waals surface area contributed by atoms with E-state index < -0.39 is 7.26 Å². The van der Waals surface area contributed by atoms with Gasteiger partial charge in [-0.15, -0.1) is 0 Å². The van der Waals surface area contributed by atoms with Gasteiger partial charge < -0.3 is 0 Å². The first-order valence-corrected chi connectivity index (χ1v) is 11.2. The number of rotatable bonds is 5. The summed E-state index contributed by atoms with van der Waals surface area (Å²) >= 11 is 0. The molecule has 0 aliphatic heterocycles. The van der Waals surface area contributed by atoms with E-state index in [1.165, 1.54) is 21.5 Å². The average molecular weight is 355 g/mol. The summed E-state index contributed by atoms with van der Waals surface area (Å²) in [6.45, 7) is 0. The van der Waals surface area contributed by atoms with Crippen LogP contribution in [0.4, 0.5) is 0 Å². The van der Waals surface area contributed by atoms with Crippen LogP contribution >= 0.6 is 7.26 Å². The Hall–Kier alpha value is -2.76. The van der Waals surface area contributed by atoms with Gasteiger partial charge in [-0.1, -0.05) is 0 Å². The molecule has 0 fully saturated rings. The normalized spacial score (nSPS) is 11.8. The van der Waals surface area contributed by atoms with E-state index in [1.54, 1.807) is 0 Å². The van der Waals surface area contributed by atoms with Crippen molar-refractivity contribution in [2.45, 2.75) is 6.16 Å². The topological polar surface area (TPSA) is 12.9 Å². The molecule has 4 rings (SSSR count). The number of benzene rings is 3. The van der Waals surface area contributed by atoms with Gasteiger partial charge in [0.15, 0.2) is 0 Å². The van der Waals surface area contributed by atoms with Gasteiger partial charge in [-0.25, -0.2) is 0 Å². The fraction of sp³-hybridized carbons (Fsp3) is 0.0417. The number of pyridine rings is 1. The van der Waals surface area contributed by atoms with E-state index in [9.17, 15) is 0 Å². The third-order valence-corrected chi connectivity index (χ3v) is 9.91. The Kier molecular flexibility index (Phi) is 4.91. The van der Waals surface area contributed by atoms with Crippen LogP contribution in [0, 0.1) is 0 Å². The molecule has 1 heterocycles. The first-order chi connectivity index (χ1) is 12.9. The number of hydrogen-bond acceptors (Lipinski definition) is 1. The fourth-order valence-corrected chi connectivity index (χ4v) is 8.53. The summed E-state index contributed by atoms with van der Waals surface area (Å²) in [6, 6.07) is 37.4. The van der Waals surface area contributed by atoms with E-state index in [4.69, 9.17) is 0 Å². The molecule has 1 nitrogen and oxygen atoms in total. The van der Waals surface area contributed by atoms with Crippen LogP contribution in [0.2, 0.25) is 0 Å². The van der Waals surface area contributed by atoms with Crippen LogP contribution in [0.3, 0.4) is 0 Å². The molecular weight excluding hydrogens is 333 g/mol. The summed E-state index contributed by atoms with van der Waals surface area (Å²) in [5.41, 5.74) is 1.34. The molecule has 0 bridgehead atoms. The molecule has 0 aliphatic rings. The van der Waals surface area contributed by atoms with Gasteiger partial charge in [0, 0.05) is 0 Å². The van der Waals surface area contributed by atoms with Crippen LogP contribution in [0.5, 0.6) is 0 Å². The standard InChI is InChI=1S/C24H22NP/c1-4-10-22(11-5-1)26(23-12-6-2-7-13-23,24-14-8-3-9-15-24)20-21-16-18-25-19-17-21/h1-19,26H,20H2. The molecule has 0 unspecified atom stereocenters. The Balaban J connectivity index is 2.00. The second kappa shape index (κ2) is 7.64. The molecule has 0 spiro atoms. The van der Waals surface area contributed by atoms with Crippen LogP contribution in [0.15, 0.2) is 116 Å². The molecule has 4 aromatic rings. The van der Waals surface area contributed by atoms with Crippen LogP contribution in [0.1, 0.15) is 5.56 Å². The Labute approximate surface area is 155 Å². The van der Waals surface area contributed by atoms with E-state index in [0.717, 1.165) is 6.16 Å². The molecule has 0 atom stereocenters. The van der Waals surface area contributed by atoms with Crippen molar-refractivity contribution in [1.29, 1.82) is 0 Å². The molecule has 0 saturated heterocycles. The summed E-state index contributed by atoms with van der Waals surface area (Å²) in [5, 5.41) is 4.32. The quantitative estimate of drug-likeness (QED) is 0.486. The van der Waals surface area contributed by atoms with Crippen LogP contribution in [-0.4, -0.2) is 4.98 Å². The first-order valence-electron chi connectivity index (χ1n) is 8.95. The van der Waals surface area contributed by atoms with E-state index in [0.29, 0.717) is 0 Å². The van der Waals surface area contributed by atoms with Crippen molar-refractivity contribution in [2.75, 3.05) is 0 Å². The van der Waals surface area contributed by atoms with Gasteiger partial charge in [-0.2, -0.15) is 0 Å². The van der Waals surface area contributed by atoms with E-state index in [1.807, 2.05) is 12.4 Å². The Bertz CT molecular complexity index is 842. The van der Waals surface area contributed by atoms with Gasteiger partial charge in [0.25, 0.3) is 0 Å². The predicted octanol–water partition coefficient (Wildman–Crippen LogP) is 4.31. The van der Waals surface area contributed by atoms with Gasteiger partial charge in [0.1, 0.15) is 0 Å². The van der Waals surface area contributed by atoms with Crippen LogP contribution in [0.25, 0.3) is 0 Å². The third-order valence-electron chi connectivity index (χ3n) is 5.02. The van der Waals surface area contributed by atoms with Crippen molar-refractivity contribution in [1.82, 2.24) is 4.98 Å². The zero-order chi connectivity index (χ0) is 17.7. The summed E-state index contributed by atoms with van der Waals surface area (Å²) in [5.74, 6) is 0. The van der Waals surface area contributed by atoms with Crippen molar-refractivity contribution < 1.29 is 0 Å². The maximum absolute atomic E-state index is 4.21. The molecular formula is C24H22NP. The Morgan fingerprint density at radius 2 is 0.885 bits per heavy atom. The summed E-state index contributed by atoms with van der Waals surface area (Å²) in [7, 11) is -2.19. The summed E-state index contributed by atoms with van der Waals surface area (Å²) in [6.07, 6.45) is 4.82. The summed E-state index contributed by atoms with van der Waals surface area (Å²) < 4.78 is 0. The predicted molar refractivity (Wildman–Crippen MR) is 114 cm³/mol. The zero-order valence-electron chi connectivity index (χ0n) is 14.6. The Morgan fingerprint density at radius 1 is 0.500 bits per heavy atom. The molecule has 0 saturated carbocycles. The number of nitrogens with zero attached hydrogens (tertiary/aromatic N) is 1. The van der Waals surface area contributed by atoms with Crippen LogP contribution in [-0.2, 0) is 6.16 Å². The van der Waals surface area contributed by atoms with E-state index in [2.05, 4.69) is 108 Å². The molecule has 0 radical (unpaired) electrons. The van der Waals surface area contributed by atoms with E-state index >= 15 is 0 Å². The molecule has 128 valence electrons. The second-order valence-electron chi connectivity index (χ2n) is 6.54. The minimum absolute atomic E-state index is 1.02. The zero-order valence-corrected chi connectivity index (χ0v) is 15.6. The van der Waals surface area contributed by atoms with Crippen molar-refractivity contribution >= 4 is 23.2 Å². The maximum atomic E-state index is 4.21. The fourth-order valence-electron chi connectivity index (χ4n) is 3.78. The number of hydrogen-bond donors (Lipinski definition) is 0. The van der Waals surface area contributed by atoms with Crippen molar-refractivity contribution in [3.63, 3.8) is 0 Å². The van der Waals surface area contributed by atoms with Gasteiger partial charge in [0.05, 0.1) is 0 Å². The van der Waals surface area contributed by atoms with Crippen molar-refractivity contribution in [3.8, 4) is 0 Å². The average Bonchev–Trinajstić information content (AvgIpc) is 2.75.